The predicted octanol–water partition coefficient (Wildman–Crippen LogP) is 11.2. The van der Waals surface area contributed by atoms with Crippen molar-refractivity contribution in [3.05, 3.63) is 0 Å². The first-order valence-corrected chi connectivity index (χ1v) is 15.0. The highest BCUT2D eigenvalue weighted by Gasteiger charge is 2.20. The zero-order valence-electron chi connectivity index (χ0n) is 25.5. The maximum Gasteiger partial charge on any atom is 0.151 e. The first kappa shape index (κ1) is 36.5. The molecule has 0 aliphatic carbocycles. The quantitative estimate of drug-likeness (QED) is 0.0484. The molecule has 0 aliphatic heterocycles. The number of rotatable bonds is 18. The van der Waals surface area contributed by atoms with Gasteiger partial charge in [-0.3, -0.25) is 0 Å². The fraction of sp³-hybridized carbons (Fsp3) is 0.967. The lowest BCUT2D eigenvalue weighted by Gasteiger charge is -2.18. The number of nitrogens with zero attached hydrogens (tertiary/aromatic N) is 3. The third-order valence-corrected chi connectivity index (χ3v) is 5.78. The summed E-state index contributed by atoms with van der Waals surface area (Å²) in [5, 5.41) is 12.9. The standard InChI is InChI=1S/C15H31ClN2.C15H32N2/c1-6-7-8-9-10-11-12-13-15(5,16)18-17-14(2,3)4;1-6-7-8-9-10-11-12-13-14(2)16-17-15(3,4)5/h6-13H2,1-5H3;17H,6-13H2,1-5H3/b18-17+;16-14+. The molecule has 0 saturated heterocycles. The molecule has 0 saturated carbocycles. The number of halogens is 1. The van der Waals surface area contributed by atoms with Gasteiger partial charge in [0, 0.05) is 11.3 Å². The molecule has 1 unspecified atom stereocenters. The highest BCUT2D eigenvalue weighted by molar-refractivity contribution is 6.23. The largest absolute Gasteiger partial charge is 0.305 e. The smallest absolute Gasteiger partial charge is 0.151 e. The second kappa shape index (κ2) is 21.4. The number of azo groups is 1. The molecule has 210 valence electrons. The van der Waals surface area contributed by atoms with Crippen molar-refractivity contribution in [2.75, 3.05) is 0 Å². The van der Waals surface area contributed by atoms with Gasteiger partial charge in [0.1, 0.15) is 0 Å². The van der Waals surface area contributed by atoms with Crippen LogP contribution in [0, 0.1) is 0 Å². The normalized spacial score (nSPS) is 14.5. The summed E-state index contributed by atoms with van der Waals surface area (Å²) in [6, 6.07) is 0. The summed E-state index contributed by atoms with van der Waals surface area (Å²) < 4.78 is 0. The summed E-state index contributed by atoms with van der Waals surface area (Å²) in [4.78, 5) is -0.517. The van der Waals surface area contributed by atoms with Crippen LogP contribution in [-0.4, -0.2) is 21.8 Å². The van der Waals surface area contributed by atoms with Gasteiger partial charge in [-0.05, 0) is 81.1 Å². The Morgan fingerprint density at radius 2 is 1.06 bits per heavy atom. The van der Waals surface area contributed by atoms with E-state index in [0.29, 0.717) is 0 Å². The first-order valence-electron chi connectivity index (χ1n) is 14.7. The van der Waals surface area contributed by atoms with Crippen LogP contribution in [0.3, 0.4) is 0 Å². The van der Waals surface area contributed by atoms with Crippen molar-refractivity contribution < 1.29 is 0 Å². The maximum atomic E-state index is 6.34. The minimum atomic E-state index is -0.517. The molecule has 0 rings (SSSR count). The van der Waals surface area contributed by atoms with Crippen LogP contribution < -0.4 is 5.43 Å². The van der Waals surface area contributed by atoms with Crippen LogP contribution >= 0.6 is 11.6 Å². The molecule has 0 fully saturated rings. The molecule has 0 spiro atoms. The van der Waals surface area contributed by atoms with Crippen LogP contribution in [0.5, 0.6) is 0 Å². The van der Waals surface area contributed by atoms with Gasteiger partial charge in [0.05, 0.1) is 5.54 Å². The summed E-state index contributed by atoms with van der Waals surface area (Å²) in [6.45, 7) is 21.1. The SMILES string of the molecule is CCCCCCCCC/C(C)=N/NC(C)(C)C.CCCCCCCCCC(C)(Cl)/N=N/C(C)(C)C. The molecular formula is C30H63ClN4. The second-order valence-electron chi connectivity index (χ2n) is 12.5. The molecule has 0 bridgehead atoms. The van der Waals surface area contributed by atoms with Crippen molar-refractivity contribution in [3.8, 4) is 0 Å². The van der Waals surface area contributed by atoms with E-state index >= 15 is 0 Å². The van der Waals surface area contributed by atoms with Gasteiger partial charge in [-0.15, -0.1) is 0 Å². The Kier molecular flexibility index (Phi) is 22.4. The van der Waals surface area contributed by atoms with Gasteiger partial charge in [0.15, 0.2) is 5.00 Å². The fourth-order valence-corrected chi connectivity index (χ4v) is 3.54. The number of alkyl halides is 1. The average Bonchev–Trinajstić information content (AvgIpc) is 2.75. The molecule has 0 heterocycles. The van der Waals surface area contributed by atoms with E-state index in [4.69, 9.17) is 11.6 Å². The van der Waals surface area contributed by atoms with E-state index < -0.39 is 5.00 Å². The number of unbranched alkanes of at least 4 members (excludes halogenated alkanes) is 12. The number of hydrazone groups is 1. The third-order valence-electron chi connectivity index (χ3n) is 5.52. The summed E-state index contributed by atoms with van der Waals surface area (Å²) >= 11 is 6.34. The van der Waals surface area contributed by atoms with Gasteiger partial charge in [-0.1, -0.05) is 102 Å². The Bertz CT molecular complexity index is 527. The van der Waals surface area contributed by atoms with Gasteiger partial charge in [-0.2, -0.15) is 15.3 Å². The summed E-state index contributed by atoms with van der Waals surface area (Å²) in [6.07, 6.45) is 20.8. The van der Waals surface area contributed by atoms with Crippen LogP contribution in [-0.2, 0) is 0 Å². The third kappa shape index (κ3) is 33.4. The molecule has 0 aromatic heterocycles. The van der Waals surface area contributed by atoms with Crippen molar-refractivity contribution >= 4 is 17.3 Å². The second-order valence-corrected chi connectivity index (χ2v) is 13.3. The van der Waals surface area contributed by atoms with Crippen molar-refractivity contribution in [3.63, 3.8) is 0 Å². The van der Waals surface area contributed by atoms with E-state index in [2.05, 4.69) is 62.3 Å². The molecule has 1 atom stereocenters. The van der Waals surface area contributed by atoms with Gasteiger partial charge in [-0.25, -0.2) is 0 Å². The summed E-state index contributed by atoms with van der Waals surface area (Å²) in [5.41, 5.74) is 4.36. The molecule has 1 N–H and O–H groups in total. The number of hydrogen-bond acceptors (Lipinski definition) is 4. The molecule has 0 aliphatic rings. The van der Waals surface area contributed by atoms with E-state index in [0.717, 1.165) is 19.3 Å². The molecule has 5 heteroatoms. The lowest BCUT2D eigenvalue weighted by atomic mass is 10.1. The van der Waals surface area contributed by atoms with Gasteiger partial charge in [0.25, 0.3) is 0 Å². The van der Waals surface area contributed by atoms with Crippen molar-refractivity contribution in [1.29, 1.82) is 0 Å². The van der Waals surface area contributed by atoms with Gasteiger partial charge < -0.3 is 5.43 Å². The van der Waals surface area contributed by atoms with E-state index in [1.54, 1.807) is 0 Å². The van der Waals surface area contributed by atoms with E-state index in [9.17, 15) is 0 Å². The lowest BCUT2D eigenvalue weighted by molar-refractivity contribution is 0.440. The highest BCUT2D eigenvalue weighted by Crippen LogP contribution is 2.26. The Morgan fingerprint density at radius 3 is 1.49 bits per heavy atom. The van der Waals surface area contributed by atoms with Gasteiger partial charge >= 0.3 is 0 Å². The monoisotopic (exact) mass is 514 g/mol. The van der Waals surface area contributed by atoms with Gasteiger partial charge in [0.2, 0.25) is 0 Å². The molecule has 0 aromatic rings. The Balaban J connectivity index is 0. The molecule has 0 radical (unpaired) electrons. The minimum absolute atomic E-state index is 0.0847. The maximum absolute atomic E-state index is 6.34. The van der Waals surface area contributed by atoms with Crippen LogP contribution in [0.15, 0.2) is 15.3 Å². The molecule has 4 nitrogen and oxygen atoms in total. The Morgan fingerprint density at radius 1 is 0.629 bits per heavy atom. The lowest BCUT2D eigenvalue weighted by Crippen LogP contribution is -2.32. The zero-order valence-corrected chi connectivity index (χ0v) is 26.3. The van der Waals surface area contributed by atoms with Crippen LogP contribution in [0.4, 0.5) is 0 Å². The van der Waals surface area contributed by atoms with E-state index in [-0.39, 0.29) is 11.1 Å². The minimum Gasteiger partial charge on any atom is -0.305 e. The molecule has 0 aromatic carbocycles. The van der Waals surface area contributed by atoms with Crippen LogP contribution in [0.25, 0.3) is 0 Å². The van der Waals surface area contributed by atoms with Crippen molar-refractivity contribution in [2.24, 2.45) is 15.3 Å². The van der Waals surface area contributed by atoms with Crippen LogP contribution in [0.2, 0.25) is 0 Å². The summed E-state index contributed by atoms with van der Waals surface area (Å²) in [7, 11) is 0. The molecular weight excluding hydrogens is 452 g/mol. The molecule has 0 amide bonds. The number of nitrogens with one attached hydrogen (secondary N) is 1. The highest BCUT2D eigenvalue weighted by atomic mass is 35.5. The Labute approximate surface area is 225 Å². The first-order chi connectivity index (χ1) is 16.2. The van der Waals surface area contributed by atoms with Crippen molar-refractivity contribution in [2.45, 2.75) is 188 Å². The fourth-order valence-electron chi connectivity index (χ4n) is 3.37. The van der Waals surface area contributed by atoms with E-state index in [1.165, 1.54) is 89.2 Å². The Hall–Kier alpha value is -0.640. The van der Waals surface area contributed by atoms with E-state index in [1.807, 2.05) is 27.7 Å². The number of hydrogen-bond donors (Lipinski definition) is 1. The predicted molar refractivity (Wildman–Crippen MR) is 160 cm³/mol. The van der Waals surface area contributed by atoms with Crippen LogP contribution in [0.1, 0.15) is 172 Å². The zero-order chi connectivity index (χ0) is 27.2. The molecule has 35 heavy (non-hydrogen) atoms. The topological polar surface area (TPSA) is 49.1 Å². The van der Waals surface area contributed by atoms with Crippen molar-refractivity contribution in [1.82, 2.24) is 5.43 Å². The average molecular weight is 515 g/mol. The summed E-state index contributed by atoms with van der Waals surface area (Å²) in [5.74, 6) is 0.